The molecule has 0 saturated carbocycles. The van der Waals surface area contributed by atoms with Crippen LogP contribution in [0.2, 0.25) is 5.02 Å². The quantitative estimate of drug-likeness (QED) is 0.592. The van der Waals surface area contributed by atoms with E-state index in [9.17, 15) is 9.59 Å². The first-order valence-electron chi connectivity index (χ1n) is 9.26. The Balaban J connectivity index is 1.85. The van der Waals surface area contributed by atoms with Crippen molar-refractivity contribution in [1.29, 1.82) is 0 Å². The Labute approximate surface area is 170 Å². The van der Waals surface area contributed by atoms with Crippen molar-refractivity contribution in [3.05, 3.63) is 58.6 Å². The average Bonchev–Trinajstić information content (AvgIpc) is 2.70. The van der Waals surface area contributed by atoms with Crippen molar-refractivity contribution < 1.29 is 19.1 Å². The van der Waals surface area contributed by atoms with Gasteiger partial charge in [0.2, 0.25) is 0 Å². The van der Waals surface area contributed by atoms with Gasteiger partial charge in [0, 0.05) is 29.2 Å². The molecular weight excluding hydrogens is 380 g/mol. The summed E-state index contributed by atoms with van der Waals surface area (Å²) in [5, 5.41) is 6.09. The number of amides is 2. The molecule has 0 bridgehead atoms. The second-order valence-corrected chi connectivity index (χ2v) is 6.40. The summed E-state index contributed by atoms with van der Waals surface area (Å²) in [6.07, 6.45) is 0.884. The molecule has 2 aromatic carbocycles. The summed E-state index contributed by atoms with van der Waals surface area (Å²) in [5.74, 6) is 0.695. The molecule has 6 nitrogen and oxygen atoms in total. The van der Waals surface area contributed by atoms with E-state index in [-0.39, 0.29) is 11.8 Å². The predicted octanol–water partition coefficient (Wildman–Crippen LogP) is 3.69. The normalized spacial score (nSPS) is 10.2. The number of carbonyl (C=O) groups is 2. The average molecular weight is 405 g/mol. The Morgan fingerprint density at radius 1 is 0.857 bits per heavy atom. The third kappa shape index (κ3) is 6.46. The molecule has 0 radical (unpaired) electrons. The van der Waals surface area contributed by atoms with Gasteiger partial charge in [0.05, 0.1) is 13.2 Å². The molecule has 0 aliphatic rings. The minimum atomic E-state index is -0.247. The van der Waals surface area contributed by atoms with Crippen molar-refractivity contribution in [3.8, 4) is 11.5 Å². The van der Waals surface area contributed by atoms with Crippen molar-refractivity contribution in [1.82, 2.24) is 10.6 Å². The van der Waals surface area contributed by atoms with Crippen LogP contribution in [0.15, 0.2) is 42.5 Å². The van der Waals surface area contributed by atoms with Crippen molar-refractivity contribution in [2.75, 3.05) is 26.3 Å². The number of hydrogen-bond acceptors (Lipinski definition) is 4. The fraction of sp³-hybridized carbons (Fsp3) is 0.333. The van der Waals surface area contributed by atoms with Gasteiger partial charge < -0.3 is 20.1 Å². The number of rotatable bonds is 10. The Morgan fingerprint density at radius 3 is 2.07 bits per heavy atom. The molecule has 150 valence electrons. The second kappa shape index (κ2) is 11.2. The number of halogens is 1. The lowest BCUT2D eigenvalue weighted by molar-refractivity contribution is 0.0927. The van der Waals surface area contributed by atoms with E-state index in [1.807, 2.05) is 13.8 Å². The van der Waals surface area contributed by atoms with Gasteiger partial charge in [0.15, 0.2) is 11.5 Å². The molecule has 0 atom stereocenters. The van der Waals surface area contributed by atoms with Gasteiger partial charge in [-0.25, -0.2) is 0 Å². The zero-order chi connectivity index (χ0) is 20.4. The fourth-order valence-corrected chi connectivity index (χ4v) is 2.53. The highest BCUT2D eigenvalue weighted by Gasteiger charge is 2.12. The summed E-state index contributed by atoms with van der Waals surface area (Å²) < 4.78 is 11.2. The van der Waals surface area contributed by atoms with E-state index in [1.165, 1.54) is 0 Å². The van der Waals surface area contributed by atoms with E-state index in [2.05, 4.69) is 10.6 Å². The van der Waals surface area contributed by atoms with Gasteiger partial charge in [-0.2, -0.15) is 0 Å². The maximum atomic E-state index is 12.3. The first-order chi connectivity index (χ1) is 13.5. The number of carbonyl (C=O) groups excluding carboxylic acids is 2. The molecule has 0 unspecified atom stereocenters. The molecule has 0 heterocycles. The van der Waals surface area contributed by atoms with Gasteiger partial charge in [-0.1, -0.05) is 18.5 Å². The molecule has 0 aliphatic carbocycles. The van der Waals surface area contributed by atoms with E-state index < -0.39 is 0 Å². The van der Waals surface area contributed by atoms with E-state index in [0.717, 1.165) is 6.42 Å². The van der Waals surface area contributed by atoms with E-state index in [1.54, 1.807) is 42.5 Å². The van der Waals surface area contributed by atoms with Crippen LogP contribution in [-0.2, 0) is 0 Å². The molecule has 0 aliphatic heterocycles. The first-order valence-corrected chi connectivity index (χ1v) is 9.64. The molecule has 2 amide bonds. The minimum Gasteiger partial charge on any atom is -0.490 e. The van der Waals surface area contributed by atoms with Crippen LogP contribution in [0.5, 0.6) is 11.5 Å². The van der Waals surface area contributed by atoms with Gasteiger partial charge in [-0.15, -0.1) is 0 Å². The third-order valence-electron chi connectivity index (χ3n) is 3.77. The largest absolute Gasteiger partial charge is 0.490 e. The summed E-state index contributed by atoms with van der Waals surface area (Å²) in [7, 11) is 0. The van der Waals surface area contributed by atoms with Crippen molar-refractivity contribution in [2.24, 2.45) is 0 Å². The lowest BCUT2D eigenvalue weighted by Crippen LogP contribution is -2.34. The van der Waals surface area contributed by atoms with Crippen molar-refractivity contribution >= 4 is 23.4 Å². The van der Waals surface area contributed by atoms with Crippen LogP contribution in [0, 0.1) is 0 Å². The molecule has 0 spiro atoms. The lowest BCUT2D eigenvalue weighted by atomic mass is 10.2. The monoisotopic (exact) mass is 404 g/mol. The predicted molar refractivity (Wildman–Crippen MR) is 110 cm³/mol. The summed E-state index contributed by atoms with van der Waals surface area (Å²) in [6, 6.07) is 11.7. The molecule has 2 N–H and O–H groups in total. The Morgan fingerprint density at radius 2 is 1.46 bits per heavy atom. The van der Waals surface area contributed by atoms with Crippen LogP contribution in [0.25, 0.3) is 0 Å². The maximum absolute atomic E-state index is 12.3. The zero-order valence-electron chi connectivity index (χ0n) is 16.1. The van der Waals surface area contributed by atoms with Crippen LogP contribution < -0.4 is 20.1 Å². The Kier molecular flexibility index (Phi) is 8.62. The summed E-state index contributed by atoms with van der Waals surface area (Å²) in [5.41, 5.74) is 0.982. The number of ether oxygens (including phenoxy) is 2. The van der Waals surface area contributed by atoms with Crippen LogP contribution in [0.1, 0.15) is 41.0 Å². The molecule has 2 aromatic rings. The fourth-order valence-electron chi connectivity index (χ4n) is 2.41. The summed E-state index contributed by atoms with van der Waals surface area (Å²) in [4.78, 5) is 24.4. The Hall–Kier alpha value is -2.73. The standard InChI is InChI=1S/C21H25ClN2O4/c1-3-13-28-18-10-7-16(14-19(18)27-4-2)21(26)24-12-11-23-20(25)15-5-8-17(22)9-6-15/h5-10,14H,3-4,11-13H2,1-2H3,(H,23,25)(H,24,26). The molecule has 0 fully saturated rings. The number of nitrogens with one attached hydrogen (secondary N) is 2. The number of benzene rings is 2. The lowest BCUT2D eigenvalue weighted by Gasteiger charge is -2.13. The van der Waals surface area contributed by atoms with E-state index in [0.29, 0.717) is 54.0 Å². The smallest absolute Gasteiger partial charge is 0.251 e. The minimum absolute atomic E-state index is 0.220. The molecule has 7 heteroatoms. The van der Waals surface area contributed by atoms with Gasteiger partial charge in [-0.3, -0.25) is 9.59 Å². The van der Waals surface area contributed by atoms with Crippen LogP contribution in [-0.4, -0.2) is 38.1 Å². The summed E-state index contributed by atoms with van der Waals surface area (Å²) >= 11 is 5.81. The highest BCUT2D eigenvalue weighted by Crippen LogP contribution is 2.28. The van der Waals surface area contributed by atoms with E-state index >= 15 is 0 Å². The zero-order valence-corrected chi connectivity index (χ0v) is 16.8. The van der Waals surface area contributed by atoms with Crippen LogP contribution in [0.4, 0.5) is 0 Å². The Bertz CT molecular complexity index is 793. The highest BCUT2D eigenvalue weighted by atomic mass is 35.5. The van der Waals surface area contributed by atoms with Crippen LogP contribution >= 0.6 is 11.6 Å². The topological polar surface area (TPSA) is 76.7 Å². The SMILES string of the molecule is CCCOc1ccc(C(=O)NCCNC(=O)c2ccc(Cl)cc2)cc1OCC. The summed E-state index contributed by atoms with van der Waals surface area (Å²) in [6.45, 7) is 5.57. The molecule has 28 heavy (non-hydrogen) atoms. The van der Waals surface area contributed by atoms with Gasteiger partial charge in [0.25, 0.3) is 11.8 Å². The van der Waals surface area contributed by atoms with Gasteiger partial charge in [0.1, 0.15) is 0 Å². The number of hydrogen-bond donors (Lipinski definition) is 2. The van der Waals surface area contributed by atoms with Crippen molar-refractivity contribution in [3.63, 3.8) is 0 Å². The van der Waals surface area contributed by atoms with E-state index in [4.69, 9.17) is 21.1 Å². The van der Waals surface area contributed by atoms with Crippen LogP contribution in [0.3, 0.4) is 0 Å². The van der Waals surface area contributed by atoms with Gasteiger partial charge in [-0.05, 0) is 55.8 Å². The third-order valence-corrected chi connectivity index (χ3v) is 4.02. The van der Waals surface area contributed by atoms with Crippen molar-refractivity contribution in [2.45, 2.75) is 20.3 Å². The highest BCUT2D eigenvalue weighted by molar-refractivity contribution is 6.30. The molecule has 0 aromatic heterocycles. The second-order valence-electron chi connectivity index (χ2n) is 5.96. The van der Waals surface area contributed by atoms with Gasteiger partial charge >= 0.3 is 0 Å². The molecule has 2 rings (SSSR count). The first kappa shape index (κ1) is 21.6. The molecule has 0 saturated heterocycles. The maximum Gasteiger partial charge on any atom is 0.251 e. The molecular formula is C21H25ClN2O4.